The summed E-state index contributed by atoms with van der Waals surface area (Å²) in [6.45, 7) is 7.11. The summed E-state index contributed by atoms with van der Waals surface area (Å²) < 4.78 is 5.86. The quantitative estimate of drug-likeness (QED) is 0.898. The van der Waals surface area contributed by atoms with E-state index < -0.39 is 0 Å². The Balaban J connectivity index is 2.25. The molecule has 1 aromatic heterocycles. The number of methoxy groups -OCH3 is 1. The van der Waals surface area contributed by atoms with Crippen molar-refractivity contribution in [3.8, 4) is 0 Å². The molecule has 2 rings (SSSR count). The third kappa shape index (κ3) is 3.55. The second-order valence-corrected chi connectivity index (χ2v) is 6.12. The molecule has 112 valence electrons. The molecule has 0 unspecified atom stereocenters. The van der Waals surface area contributed by atoms with Gasteiger partial charge in [0.15, 0.2) is 5.82 Å². The van der Waals surface area contributed by atoms with Crippen molar-refractivity contribution >= 4 is 0 Å². The molecule has 0 bridgehead atoms. The molecule has 4 nitrogen and oxygen atoms in total. The van der Waals surface area contributed by atoms with Gasteiger partial charge in [0.2, 0.25) is 0 Å². The van der Waals surface area contributed by atoms with E-state index in [0.717, 1.165) is 36.6 Å². The van der Waals surface area contributed by atoms with Gasteiger partial charge >= 0.3 is 0 Å². The molecule has 0 saturated heterocycles. The predicted octanol–water partition coefficient (Wildman–Crippen LogP) is 3.09. The number of nitrogens with one attached hydrogen (secondary N) is 1. The van der Waals surface area contributed by atoms with E-state index in [4.69, 9.17) is 9.72 Å². The van der Waals surface area contributed by atoms with Gasteiger partial charge in [-0.2, -0.15) is 0 Å². The maximum atomic E-state index is 5.86. The number of ether oxygens (including phenoxy) is 1. The minimum absolute atomic E-state index is 0.267. The highest BCUT2D eigenvalue weighted by Crippen LogP contribution is 2.38. The Hall–Kier alpha value is -1.00. The summed E-state index contributed by atoms with van der Waals surface area (Å²) in [6.07, 6.45) is 5.75. The molecule has 1 N–H and O–H groups in total. The summed E-state index contributed by atoms with van der Waals surface area (Å²) in [4.78, 5) is 9.44. The maximum absolute atomic E-state index is 5.86. The zero-order valence-electron chi connectivity index (χ0n) is 13.2. The van der Waals surface area contributed by atoms with Crippen LogP contribution in [0.4, 0.5) is 0 Å². The Morgan fingerprint density at radius 2 is 1.95 bits per heavy atom. The normalized spacial score (nSPS) is 18.4. The minimum atomic E-state index is -0.267. The molecule has 0 aromatic carbocycles. The van der Waals surface area contributed by atoms with Crippen LogP contribution in [0.1, 0.15) is 63.2 Å². The zero-order valence-corrected chi connectivity index (χ0v) is 13.2. The van der Waals surface area contributed by atoms with E-state index in [1.54, 1.807) is 7.11 Å². The summed E-state index contributed by atoms with van der Waals surface area (Å²) in [5, 5.41) is 3.42. The van der Waals surface area contributed by atoms with Crippen LogP contribution in [0.25, 0.3) is 0 Å². The fraction of sp³-hybridized carbons (Fsp3) is 0.750. The average Bonchev–Trinajstić information content (AvgIpc) is 2.45. The average molecular weight is 277 g/mol. The molecule has 0 aliphatic heterocycles. The number of hydrogen-bond acceptors (Lipinski definition) is 4. The number of nitrogens with zero attached hydrogens (tertiary/aromatic N) is 2. The van der Waals surface area contributed by atoms with E-state index >= 15 is 0 Å². The Labute approximate surface area is 122 Å². The fourth-order valence-electron chi connectivity index (χ4n) is 2.88. The standard InChI is InChI=1S/C16H27N3O/c1-12(2)17-11-14-10-13(3)18-15(19-14)16(20-4)8-6-5-7-9-16/h10,12,17H,5-9,11H2,1-4H3. The van der Waals surface area contributed by atoms with Crippen molar-refractivity contribution in [3.63, 3.8) is 0 Å². The van der Waals surface area contributed by atoms with Crippen LogP contribution in [0.5, 0.6) is 0 Å². The molecule has 1 saturated carbocycles. The molecule has 0 radical (unpaired) electrons. The number of rotatable bonds is 5. The highest BCUT2D eigenvalue weighted by molar-refractivity contribution is 5.15. The summed E-state index contributed by atoms with van der Waals surface area (Å²) in [5.41, 5.74) is 1.82. The third-order valence-corrected chi connectivity index (χ3v) is 4.06. The van der Waals surface area contributed by atoms with Crippen molar-refractivity contribution in [3.05, 3.63) is 23.3 Å². The molecular formula is C16H27N3O. The molecule has 4 heteroatoms. The molecular weight excluding hydrogens is 250 g/mol. The lowest BCUT2D eigenvalue weighted by Crippen LogP contribution is -2.34. The van der Waals surface area contributed by atoms with Crippen LogP contribution in [0.2, 0.25) is 0 Å². The molecule has 1 aromatic rings. The summed E-state index contributed by atoms with van der Waals surface area (Å²) in [5.74, 6) is 0.875. The lowest BCUT2D eigenvalue weighted by Gasteiger charge is -2.34. The van der Waals surface area contributed by atoms with Crippen molar-refractivity contribution in [2.45, 2.75) is 71.1 Å². The molecule has 20 heavy (non-hydrogen) atoms. The van der Waals surface area contributed by atoms with Crippen molar-refractivity contribution in [1.82, 2.24) is 15.3 Å². The zero-order chi connectivity index (χ0) is 14.6. The van der Waals surface area contributed by atoms with Gasteiger partial charge in [0.05, 0.1) is 5.69 Å². The Kier molecular flexibility index (Phi) is 5.11. The summed E-state index contributed by atoms with van der Waals surface area (Å²) in [6, 6.07) is 2.52. The first-order valence-corrected chi connectivity index (χ1v) is 7.69. The lowest BCUT2D eigenvalue weighted by atomic mass is 9.84. The van der Waals surface area contributed by atoms with E-state index in [1.165, 1.54) is 19.3 Å². The van der Waals surface area contributed by atoms with E-state index in [1.807, 2.05) is 6.92 Å². The Morgan fingerprint density at radius 3 is 2.55 bits per heavy atom. The summed E-state index contributed by atoms with van der Waals surface area (Å²) >= 11 is 0. The lowest BCUT2D eigenvalue weighted by molar-refractivity contribution is -0.0517. The van der Waals surface area contributed by atoms with Gasteiger partial charge in [-0.25, -0.2) is 9.97 Å². The van der Waals surface area contributed by atoms with Crippen molar-refractivity contribution < 1.29 is 4.74 Å². The monoisotopic (exact) mass is 277 g/mol. The molecule has 0 atom stereocenters. The Bertz CT molecular complexity index is 439. The van der Waals surface area contributed by atoms with Crippen LogP contribution in [-0.4, -0.2) is 23.1 Å². The first-order valence-electron chi connectivity index (χ1n) is 7.69. The van der Waals surface area contributed by atoms with Crippen molar-refractivity contribution in [2.75, 3.05) is 7.11 Å². The molecule has 1 aliphatic carbocycles. The second kappa shape index (κ2) is 6.64. The fourth-order valence-corrected chi connectivity index (χ4v) is 2.88. The van der Waals surface area contributed by atoms with E-state index in [-0.39, 0.29) is 5.60 Å². The van der Waals surface area contributed by atoms with Crippen molar-refractivity contribution in [2.24, 2.45) is 0 Å². The van der Waals surface area contributed by atoms with Crippen LogP contribution in [0, 0.1) is 6.92 Å². The SMILES string of the molecule is COC1(c2nc(C)cc(CNC(C)C)n2)CCCCC1. The van der Waals surface area contributed by atoms with Gasteiger partial charge in [-0.3, -0.25) is 0 Å². The van der Waals surface area contributed by atoms with E-state index in [9.17, 15) is 0 Å². The molecule has 1 heterocycles. The molecule has 1 fully saturated rings. The van der Waals surface area contributed by atoms with Gasteiger partial charge in [-0.1, -0.05) is 33.1 Å². The summed E-state index contributed by atoms with van der Waals surface area (Å²) in [7, 11) is 1.79. The first kappa shape index (κ1) is 15.4. The Morgan fingerprint density at radius 1 is 1.25 bits per heavy atom. The second-order valence-electron chi connectivity index (χ2n) is 6.12. The largest absolute Gasteiger partial charge is 0.370 e. The number of aromatic nitrogens is 2. The van der Waals surface area contributed by atoms with Crippen LogP contribution in [-0.2, 0) is 16.9 Å². The number of hydrogen-bond donors (Lipinski definition) is 1. The van der Waals surface area contributed by atoms with Gasteiger partial charge in [-0.15, -0.1) is 0 Å². The van der Waals surface area contributed by atoms with E-state index in [0.29, 0.717) is 6.04 Å². The van der Waals surface area contributed by atoms with Crippen molar-refractivity contribution in [1.29, 1.82) is 0 Å². The molecule has 0 spiro atoms. The first-order chi connectivity index (χ1) is 9.55. The van der Waals surface area contributed by atoms with Gasteiger partial charge < -0.3 is 10.1 Å². The van der Waals surface area contributed by atoms with Crippen LogP contribution >= 0.6 is 0 Å². The highest BCUT2D eigenvalue weighted by atomic mass is 16.5. The third-order valence-electron chi connectivity index (χ3n) is 4.06. The van der Waals surface area contributed by atoms with Gasteiger partial charge in [-0.05, 0) is 25.8 Å². The van der Waals surface area contributed by atoms with E-state index in [2.05, 4.69) is 30.2 Å². The van der Waals surface area contributed by atoms with Crippen LogP contribution < -0.4 is 5.32 Å². The molecule has 0 amide bonds. The predicted molar refractivity (Wildman–Crippen MR) is 80.5 cm³/mol. The maximum Gasteiger partial charge on any atom is 0.160 e. The van der Waals surface area contributed by atoms with Crippen LogP contribution in [0.3, 0.4) is 0 Å². The highest BCUT2D eigenvalue weighted by Gasteiger charge is 2.37. The topological polar surface area (TPSA) is 47.0 Å². The van der Waals surface area contributed by atoms with Gasteiger partial charge in [0.1, 0.15) is 5.60 Å². The van der Waals surface area contributed by atoms with Crippen LogP contribution in [0.15, 0.2) is 6.07 Å². The smallest absolute Gasteiger partial charge is 0.160 e. The van der Waals surface area contributed by atoms with Gasteiger partial charge in [0.25, 0.3) is 0 Å². The number of aryl methyl sites for hydroxylation is 1. The minimum Gasteiger partial charge on any atom is -0.370 e. The molecule has 1 aliphatic rings. The van der Waals surface area contributed by atoms with Gasteiger partial charge in [0, 0.05) is 25.4 Å².